The molecular weight excluding hydrogens is 276 g/mol. The van der Waals surface area contributed by atoms with Gasteiger partial charge in [0.25, 0.3) is 5.56 Å². The summed E-state index contributed by atoms with van der Waals surface area (Å²) < 4.78 is 1.28. The molecule has 8 heteroatoms. The number of aromatic amines is 1. The first-order chi connectivity index (χ1) is 8.61. The van der Waals surface area contributed by atoms with Gasteiger partial charge in [0.05, 0.1) is 18.4 Å². The van der Waals surface area contributed by atoms with Gasteiger partial charge in [-0.15, -0.1) is 0 Å². The Morgan fingerprint density at radius 2 is 2.33 bits per heavy atom. The van der Waals surface area contributed by atoms with E-state index in [9.17, 15) is 9.59 Å². The molecule has 2 heterocycles. The first-order valence-electron chi connectivity index (χ1n) is 5.28. The molecule has 0 amide bonds. The quantitative estimate of drug-likeness (QED) is 0.887. The molecule has 6 nitrogen and oxygen atoms in total. The zero-order valence-corrected chi connectivity index (χ0v) is 11.1. The van der Waals surface area contributed by atoms with Gasteiger partial charge in [0.2, 0.25) is 0 Å². The smallest absolute Gasteiger partial charge is 0.304 e. The molecular formula is C10H11ClN4O2S. The highest BCUT2D eigenvalue weighted by Gasteiger charge is 2.08. The van der Waals surface area contributed by atoms with E-state index in [-0.39, 0.29) is 15.5 Å². The summed E-state index contributed by atoms with van der Waals surface area (Å²) in [6, 6.07) is 0. The largest absolute Gasteiger partial charge is 0.377 e. The highest BCUT2D eigenvalue weighted by Crippen LogP contribution is 2.15. The first kappa shape index (κ1) is 12.8. The fraction of sp³-hybridized carbons (Fsp3) is 0.300. The zero-order chi connectivity index (χ0) is 13.1. The Morgan fingerprint density at radius 1 is 1.56 bits per heavy atom. The van der Waals surface area contributed by atoms with E-state index in [0.29, 0.717) is 18.8 Å². The normalized spacial score (nSPS) is 10.6. The lowest BCUT2D eigenvalue weighted by atomic mass is 10.4. The molecule has 96 valence electrons. The van der Waals surface area contributed by atoms with Crippen molar-refractivity contribution in [3.05, 3.63) is 42.3 Å². The van der Waals surface area contributed by atoms with Gasteiger partial charge in [0.1, 0.15) is 5.02 Å². The molecule has 2 aromatic heterocycles. The lowest BCUT2D eigenvalue weighted by molar-refractivity contribution is 0.616. The second kappa shape index (κ2) is 5.36. The van der Waals surface area contributed by atoms with Crippen LogP contribution in [0.5, 0.6) is 0 Å². The van der Waals surface area contributed by atoms with Gasteiger partial charge in [-0.3, -0.25) is 9.59 Å². The predicted octanol–water partition coefficient (Wildman–Crippen LogP) is 1.28. The standard InChI is InChI=1S/C10H11ClN4O2S/c1-2-15-9(16)8(11)7(4-13-15)12-3-6-5-18-10(17)14-6/h4-5,12H,2-3H2,1H3,(H,14,17). The van der Waals surface area contributed by atoms with Gasteiger partial charge in [-0.1, -0.05) is 22.9 Å². The number of rotatable bonds is 4. The number of halogens is 1. The van der Waals surface area contributed by atoms with Crippen molar-refractivity contribution in [3.8, 4) is 0 Å². The second-order valence-corrected chi connectivity index (χ2v) is 4.74. The highest BCUT2D eigenvalue weighted by molar-refractivity contribution is 7.07. The number of aromatic nitrogens is 3. The Balaban J connectivity index is 2.17. The summed E-state index contributed by atoms with van der Waals surface area (Å²) in [4.78, 5) is 25.2. The molecule has 0 radical (unpaired) electrons. The van der Waals surface area contributed by atoms with E-state index in [4.69, 9.17) is 11.6 Å². The molecule has 0 aromatic carbocycles. The summed E-state index contributed by atoms with van der Waals surface area (Å²) in [6.07, 6.45) is 1.50. The maximum atomic E-state index is 11.7. The molecule has 0 aliphatic carbocycles. The maximum Gasteiger partial charge on any atom is 0.304 e. The van der Waals surface area contributed by atoms with Crippen LogP contribution >= 0.6 is 22.9 Å². The van der Waals surface area contributed by atoms with Gasteiger partial charge in [-0.2, -0.15) is 5.10 Å². The number of hydrogen-bond acceptors (Lipinski definition) is 5. The third kappa shape index (κ3) is 2.62. The van der Waals surface area contributed by atoms with Crippen LogP contribution in [0.2, 0.25) is 5.02 Å². The maximum absolute atomic E-state index is 11.7. The molecule has 2 aromatic rings. The molecule has 0 saturated carbocycles. The molecule has 2 N–H and O–H groups in total. The summed E-state index contributed by atoms with van der Waals surface area (Å²) in [6.45, 7) is 2.67. The molecule has 0 atom stereocenters. The third-order valence-corrected chi connectivity index (χ3v) is 3.41. The van der Waals surface area contributed by atoms with Crippen LogP contribution in [0.1, 0.15) is 12.6 Å². The molecule has 0 saturated heterocycles. The van der Waals surface area contributed by atoms with E-state index >= 15 is 0 Å². The van der Waals surface area contributed by atoms with E-state index < -0.39 is 0 Å². The summed E-state index contributed by atoms with van der Waals surface area (Å²) in [5.74, 6) is 0. The van der Waals surface area contributed by atoms with Crippen LogP contribution in [-0.2, 0) is 13.1 Å². The number of H-pyrrole nitrogens is 1. The van der Waals surface area contributed by atoms with Crippen LogP contribution in [0.4, 0.5) is 5.69 Å². The molecule has 0 unspecified atom stereocenters. The van der Waals surface area contributed by atoms with Gasteiger partial charge in [0, 0.05) is 17.6 Å². The number of hydrogen-bond donors (Lipinski definition) is 2. The van der Waals surface area contributed by atoms with Crippen LogP contribution in [0.3, 0.4) is 0 Å². The molecule has 0 fully saturated rings. The van der Waals surface area contributed by atoms with E-state index in [1.54, 1.807) is 5.38 Å². The number of thiazole rings is 1. The summed E-state index contributed by atoms with van der Waals surface area (Å²) in [7, 11) is 0. The zero-order valence-electron chi connectivity index (χ0n) is 9.57. The highest BCUT2D eigenvalue weighted by atomic mass is 35.5. The predicted molar refractivity (Wildman–Crippen MR) is 71.4 cm³/mol. The van der Waals surface area contributed by atoms with E-state index in [1.807, 2.05) is 6.92 Å². The summed E-state index contributed by atoms with van der Waals surface area (Å²) in [5.41, 5.74) is 0.863. The minimum Gasteiger partial charge on any atom is -0.377 e. The van der Waals surface area contributed by atoms with Crippen molar-refractivity contribution in [2.45, 2.75) is 20.0 Å². The van der Waals surface area contributed by atoms with Crippen molar-refractivity contribution in [2.24, 2.45) is 0 Å². The van der Waals surface area contributed by atoms with Crippen LogP contribution in [-0.4, -0.2) is 14.8 Å². The summed E-state index contributed by atoms with van der Waals surface area (Å²) in [5, 5.41) is 8.74. The number of anilines is 1. The van der Waals surface area contributed by atoms with E-state index in [2.05, 4.69) is 15.4 Å². The number of nitrogens with one attached hydrogen (secondary N) is 2. The minimum absolute atomic E-state index is 0.101. The van der Waals surface area contributed by atoms with Crippen molar-refractivity contribution in [2.75, 3.05) is 5.32 Å². The van der Waals surface area contributed by atoms with Crippen LogP contribution in [0, 0.1) is 0 Å². The molecule has 0 aliphatic heterocycles. The van der Waals surface area contributed by atoms with Crippen LogP contribution < -0.4 is 15.7 Å². The Hall–Kier alpha value is -1.60. The second-order valence-electron chi connectivity index (χ2n) is 3.52. The lowest BCUT2D eigenvalue weighted by Gasteiger charge is -2.08. The average molecular weight is 287 g/mol. The van der Waals surface area contributed by atoms with E-state index in [1.165, 1.54) is 10.9 Å². The Bertz CT molecular complexity index is 660. The third-order valence-electron chi connectivity index (χ3n) is 2.32. The minimum atomic E-state index is -0.331. The topological polar surface area (TPSA) is 79.8 Å². The molecule has 0 spiro atoms. The fourth-order valence-corrected chi connectivity index (χ4v) is 2.20. The Labute approximate surface area is 111 Å². The van der Waals surface area contributed by atoms with Crippen LogP contribution in [0.25, 0.3) is 0 Å². The first-order valence-corrected chi connectivity index (χ1v) is 6.53. The van der Waals surface area contributed by atoms with Crippen molar-refractivity contribution in [1.29, 1.82) is 0 Å². The van der Waals surface area contributed by atoms with Crippen LogP contribution in [0.15, 0.2) is 21.2 Å². The molecule has 0 bridgehead atoms. The molecule has 0 aliphatic rings. The van der Waals surface area contributed by atoms with Crippen molar-refractivity contribution < 1.29 is 0 Å². The van der Waals surface area contributed by atoms with Crippen molar-refractivity contribution >= 4 is 28.6 Å². The fourth-order valence-electron chi connectivity index (χ4n) is 1.40. The number of nitrogens with zero attached hydrogens (tertiary/aromatic N) is 2. The number of aryl methyl sites for hydroxylation is 1. The van der Waals surface area contributed by atoms with Gasteiger partial charge in [-0.05, 0) is 6.92 Å². The molecule has 18 heavy (non-hydrogen) atoms. The molecule has 2 rings (SSSR count). The SMILES string of the molecule is CCn1ncc(NCc2csc(=O)[nH]2)c(Cl)c1=O. The van der Waals surface area contributed by atoms with Gasteiger partial charge < -0.3 is 10.3 Å². The summed E-state index contributed by atoms with van der Waals surface area (Å²) >= 11 is 7.03. The lowest BCUT2D eigenvalue weighted by Crippen LogP contribution is -2.23. The van der Waals surface area contributed by atoms with Crippen molar-refractivity contribution in [1.82, 2.24) is 14.8 Å². The monoisotopic (exact) mass is 286 g/mol. The van der Waals surface area contributed by atoms with Gasteiger partial charge in [0.15, 0.2) is 0 Å². The van der Waals surface area contributed by atoms with Gasteiger partial charge in [-0.25, -0.2) is 4.68 Å². The van der Waals surface area contributed by atoms with E-state index in [0.717, 1.165) is 17.0 Å². The van der Waals surface area contributed by atoms with Gasteiger partial charge >= 0.3 is 4.87 Å². The Kier molecular flexibility index (Phi) is 3.83. The Morgan fingerprint density at radius 3 is 2.94 bits per heavy atom. The average Bonchev–Trinajstić information content (AvgIpc) is 2.77. The van der Waals surface area contributed by atoms with Crippen molar-refractivity contribution in [3.63, 3.8) is 0 Å².